The molecule has 1 aromatic rings. The quantitative estimate of drug-likeness (QED) is 0.786. The molecule has 2 heterocycles. The van der Waals surface area contributed by atoms with Gasteiger partial charge in [-0.3, -0.25) is 19.4 Å². The van der Waals surface area contributed by atoms with E-state index in [0.29, 0.717) is 38.9 Å². The lowest BCUT2D eigenvalue weighted by Gasteiger charge is -2.28. The van der Waals surface area contributed by atoms with Gasteiger partial charge in [0.2, 0.25) is 17.7 Å². The molecule has 1 aliphatic rings. The molecule has 2 unspecified atom stereocenters. The van der Waals surface area contributed by atoms with E-state index in [1.807, 2.05) is 26.0 Å². The van der Waals surface area contributed by atoms with Gasteiger partial charge in [0.25, 0.3) is 0 Å². The van der Waals surface area contributed by atoms with Gasteiger partial charge in [0.15, 0.2) is 0 Å². The van der Waals surface area contributed by atoms with Crippen LogP contribution in [0.3, 0.4) is 0 Å². The Bertz CT molecular complexity index is 631. The number of pyridine rings is 1. The van der Waals surface area contributed by atoms with E-state index >= 15 is 0 Å². The summed E-state index contributed by atoms with van der Waals surface area (Å²) in [6.07, 6.45) is 4.89. The number of aryl methyl sites for hydroxylation is 1. The van der Waals surface area contributed by atoms with Crippen LogP contribution in [0.15, 0.2) is 24.5 Å². The molecule has 26 heavy (non-hydrogen) atoms. The lowest BCUT2D eigenvalue weighted by Crippen LogP contribution is -2.47. The maximum Gasteiger partial charge on any atom is 0.245 e. The van der Waals surface area contributed by atoms with Gasteiger partial charge in [0.05, 0.1) is 0 Å². The monoisotopic (exact) mass is 360 g/mol. The molecular weight excluding hydrogens is 332 g/mol. The van der Waals surface area contributed by atoms with E-state index in [-0.39, 0.29) is 23.8 Å². The highest BCUT2D eigenvalue weighted by molar-refractivity contribution is 5.88. The Balaban J connectivity index is 1.93. The number of nitrogens with one attached hydrogen (secondary N) is 1. The van der Waals surface area contributed by atoms with Gasteiger partial charge in [-0.25, -0.2) is 0 Å². The van der Waals surface area contributed by atoms with Crippen LogP contribution in [0, 0.1) is 0 Å². The summed E-state index contributed by atoms with van der Waals surface area (Å²) in [5.41, 5.74) is 1.06. The van der Waals surface area contributed by atoms with Crippen LogP contribution in [0.1, 0.15) is 39.2 Å². The topological polar surface area (TPSA) is 82.6 Å². The maximum absolute atomic E-state index is 12.7. The predicted molar refractivity (Wildman–Crippen MR) is 98.2 cm³/mol. The van der Waals surface area contributed by atoms with Gasteiger partial charge in [-0.05, 0) is 44.4 Å². The van der Waals surface area contributed by atoms with Gasteiger partial charge in [-0.15, -0.1) is 0 Å². The summed E-state index contributed by atoms with van der Waals surface area (Å²) in [6, 6.07) is 3.10. The minimum Gasteiger partial charge on any atom is -0.351 e. The van der Waals surface area contributed by atoms with E-state index in [2.05, 4.69) is 10.3 Å². The average Bonchev–Trinajstić information content (AvgIpc) is 3.06. The molecule has 142 valence electrons. The summed E-state index contributed by atoms with van der Waals surface area (Å²) in [5, 5.41) is 2.97. The van der Waals surface area contributed by atoms with E-state index < -0.39 is 6.04 Å². The highest BCUT2D eigenvalue weighted by atomic mass is 16.2. The molecule has 1 saturated heterocycles. The molecular formula is C19H28N4O3. The normalized spacial score (nSPS) is 19.3. The zero-order valence-corrected chi connectivity index (χ0v) is 15.8. The van der Waals surface area contributed by atoms with Crippen molar-refractivity contribution in [3.05, 3.63) is 30.1 Å². The number of carbonyl (C=O) groups is 3. The summed E-state index contributed by atoms with van der Waals surface area (Å²) in [5.74, 6) is -0.242. The number of likely N-dealkylation sites (tertiary alicyclic amines) is 1. The van der Waals surface area contributed by atoms with Crippen molar-refractivity contribution in [3.63, 3.8) is 0 Å². The number of rotatable bonds is 7. The summed E-state index contributed by atoms with van der Waals surface area (Å²) in [7, 11) is 0. The standard InChI is InChI=1S/C19H28N4O3/c1-4-22(5-2)19(26)17-12-16(13-23(17)14(3)24)21-18(25)7-6-15-8-10-20-11-9-15/h8-11,16-17H,4-7,12-13H2,1-3H3,(H,21,25). The Morgan fingerprint density at radius 2 is 1.88 bits per heavy atom. The lowest BCUT2D eigenvalue weighted by atomic mass is 10.1. The number of nitrogens with zero attached hydrogens (tertiary/aromatic N) is 3. The summed E-state index contributed by atoms with van der Waals surface area (Å²) in [6.45, 7) is 6.92. The summed E-state index contributed by atoms with van der Waals surface area (Å²) >= 11 is 0. The van der Waals surface area contributed by atoms with E-state index in [4.69, 9.17) is 0 Å². The van der Waals surface area contributed by atoms with Crippen LogP contribution in [0.5, 0.6) is 0 Å². The van der Waals surface area contributed by atoms with E-state index in [1.54, 1.807) is 22.2 Å². The summed E-state index contributed by atoms with van der Waals surface area (Å²) in [4.78, 5) is 44.1. The first-order valence-corrected chi connectivity index (χ1v) is 9.20. The molecule has 2 atom stereocenters. The molecule has 0 saturated carbocycles. The Hall–Kier alpha value is -2.44. The zero-order chi connectivity index (χ0) is 19.1. The molecule has 0 aliphatic carbocycles. The van der Waals surface area contributed by atoms with Crippen LogP contribution in [-0.2, 0) is 20.8 Å². The molecule has 0 aromatic carbocycles. The van der Waals surface area contributed by atoms with Crippen molar-refractivity contribution >= 4 is 17.7 Å². The van der Waals surface area contributed by atoms with Crippen molar-refractivity contribution in [1.29, 1.82) is 0 Å². The largest absolute Gasteiger partial charge is 0.351 e. The van der Waals surface area contributed by atoms with E-state index in [0.717, 1.165) is 5.56 Å². The molecule has 7 nitrogen and oxygen atoms in total. The number of carbonyl (C=O) groups excluding carboxylic acids is 3. The second-order valence-corrected chi connectivity index (χ2v) is 6.55. The molecule has 2 rings (SSSR count). The zero-order valence-electron chi connectivity index (χ0n) is 15.8. The third-order valence-electron chi connectivity index (χ3n) is 4.82. The smallest absolute Gasteiger partial charge is 0.245 e. The summed E-state index contributed by atoms with van der Waals surface area (Å²) < 4.78 is 0. The van der Waals surface area contributed by atoms with Crippen LogP contribution < -0.4 is 5.32 Å². The Kier molecular flexibility index (Phi) is 7.12. The molecule has 1 aromatic heterocycles. The van der Waals surface area contributed by atoms with Crippen LogP contribution in [0.2, 0.25) is 0 Å². The fraction of sp³-hybridized carbons (Fsp3) is 0.579. The third kappa shape index (κ3) is 5.03. The Labute approximate surface area is 154 Å². The second kappa shape index (κ2) is 9.31. The number of hydrogen-bond acceptors (Lipinski definition) is 4. The van der Waals surface area contributed by atoms with Crippen LogP contribution in [0.25, 0.3) is 0 Å². The molecule has 7 heteroatoms. The number of hydrogen-bond donors (Lipinski definition) is 1. The lowest BCUT2D eigenvalue weighted by molar-refractivity contribution is -0.142. The molecule has 1 fully saturated rings. The van der Waals surface area contributed by atoms with E-state index in [9.17, 15) is 14.4 Å². The predicted octanol–water partition coefficient (Wildman–Crippen LogP) is 0.988. The van der Waals surface area contributed by atoms with Crippen LogP contribution in [0.4, 0.5) is 0 Å². The van der Waals surface area contributed by atoms with E-state index in [1.165, 1.54) is 6.92 Å². The Morgan fingerprint density at radius 1 is 1.23 bits per heavy atom. The van der Waals surface area contributed by atoms with Crippen molar-refractivity contribution in [2.24, 2.45) is 0 Å². The molecule has 0 bridgehead atoms. The van der Waals surface area contributed by atoms with Gasteiger partial charge in [0.1, 0.15) is 6.04 Å². The van der Waals surface area contributed by atoms with Gasteiger partial charge >= 0.3 is 0 Å². The highest BCUT2D eigenvalue weighted by Gasteiger charge is 2.40. The van der Waals surface area contributed by atoms with Crippen molar-refractivity contribution in [2.45, 2.75) is 52.1 Å². The molecule has 0 radical (unpaired) electrons. The maximum atomic E-state index is 12.7. The van der Waals surface area contributed by atoms with Crippen molar-refractivity contribution in [2.75, 3.05) is 19.6 Å². The highest BCUT2D eigenvalue weighted by Crippen LogP contribution is 2.20. The van der Waals surface area contributed by atoms with Gasteiger partial charge < -0.3 is 15.1 Å². The SMILES string of the molecule is CCN(CC)C(=O)C1CC(NC(=O)CCc2ccncc2)CN1C(C)=O. The van der Waals surface area contributed by atoms with Gasteiger partial charge in [0, 0.05) is 51.4 Å². The third-order valence-corrected chi connectivity index (χ3v) is 4.82. The van der Waals surface area contributed by atoms with Crippen molar-refractivity contribution in [1.82, 2.24) is 20.1 Å². The van der Waals surface area contributed by atoms with Crippen LogP contribution >= 0.6 is 0 Å². The molecule has 1 N–H and O–H groups in total. The average molecular weight is 360 g/mol. The minimum absolute atomic E-state index is 0.0428. The first kappa shape index (κ1) is 19.9. The second-order valence-electron chi connectivity index (χ2n) is 6.55. The van der Waals surface area contributed by atoms with Crippen LogP contribution in [-0.4, -0.2) is 64.2 Å². The fourth-order valence-corrected chi connectivity index (χ4v) is 3.38. The number of likely N-dealkylation sites (N-methyl/N-ethyl adjacent to an activating group) is 1. The fourth-order valence-electron chi connectivity index (χ4n) is 3.38. The first-order valence-electron chi connectivity index (χ1n) is 9.20. The van der Waals surface area contributed by atoms with Crippen molar-refractivity contribution < 1.29 is 14.4 Å². The number of amides is 3. The Morgan fingerprint density at radius 3 is 2.46 bits per heavy atom. The van der Waals surface area contributed by atoms with Gasteiger partial charge in [-0.2, -0.15) is 0 Å². The minimum atomic E-state index is -0.488. The molecule has 3 amide bonds. The first-order chi connectivity index (χ1) is 12.5. The molecule has 1 aliphatic heterocycles. The van der Waals surface area contributed by atoms with Crippen molar-refractivity contribution in [3.8, 4) is 0 Å². The number of aromatic nitrogens is 1. The van der Waals surface area contributed by atoms with Gasteiger partial charge in [-0.1, -0.05) is 0 Å². The molecule has 0 spiro atoms.